The maximum Gasteiger partial charge on any atom is 1.00 e. The predicted molar refractivity (Wildman–Crippen MR) is 170 cm³/mol. The molecule has 0 radical (unpaired) electrons. The number of nitrogens with zero attached hydrogens (tertiary/aromatic N) is 2. The largest absolute Gasteiger partial charge is 1.00 e. The fraction of sp³-hybridized carbons (Fsp3) is 0.0938. The summed E-state index contributed by atoms with van der Waals surface area (Å²) in [5.41, 5.74) is 4.29. The second kappa shape index (κ2) is 16.7. The Kier molecular flexibility index (Phi) is 13.8. The number of H-pyrrole nitrogens is 3. The average Bonchev–Trinajstić information content (AvgIpc) is 3.77. The van der Waals surface area contributed by atoms with E-state index in [4.69, 9.17) is 15.6 Å². The molecular weight excluding hydrogens is 669 g/mol. The van der Waals surface area contributed by atoms with Crippen molar-refractivity contribution in [2.24, 2.45) is 0 Å². The molecule has 13 heteroatoms. The quantitative estimate of drug-likeness (QED) is 0.158. The number of aromatic carboxylic acids is 1. The minimum absolute atomic E-state index is 0. The number of aromatic amines is 3. The van der Waals surface area contributed by atoms with Crippen LogP contribution in [0.2, 0.25) is 0 Å². The molecule has 0 saturated heterocycles. The second-order valence-corrected chi connectivity index (χ2v) is 9.65. The van der Waals surface area contributed by atoms with E-state index in [1.807, 2.05) is 30.3 Å². The standard InChI is InChI=1S/C11H8N2O2.C10H8BrNO2.C10H6N2O2.CH4.K.H/c1-15-11(14)10-5-8-7(6-12)3-2-4-9(8)13-10;1-14-10(13)9-5-6-7(11)3-2-4-8(6)12-9;11-5-6-2-1-3-8-7(6)4-9(12-8)10(13)14;;;/h2-5,13H,1H3;2-5,12H,1H3;1-4,12H,(H,13,14);1H4;;/q;;;;+1;-1. The Hall–Kier alpha value is -4.21. The van der Waals surface area contributed by atoms with Gasteiger partial charge < -0.3 is 31.0 Å². The molecule has 0 atom stereocenters. The van der Waals surface area contributed by atoms with Crippen LogP contribution in [0.5, 0.6) is 0 Å². The number of carboxylic acid groups (broad SMARTS) is 1. The molecule has 0 aliphatic carbocycles. The Labute approximate surface area is 310 Å². The Morgan fingerprint density at radius 3 is 1.49 bits per heavy atom. The fourth-order valence-electron chi connectivity index (χ4n) is 4.18. The van der Waals surface area contributed by atoms with E-state index in [-0.39, 0.29) is 71.9 Å². The van der Waals surface area contributed by atoms with Gasteiger partial charge >= 0.3 is 69.3 Å². The molecule has 0 fully saturated rings. The van der Waals surface area contributed by atoms with E-state index in [0.29, 0.717) is 33.4 Å². The first-order valence-electron chi connectivity index (χ1n) is 12.4. The third-order valence-electron chi connectivity index (χ3n) is 6.22. The molecular formula is C32H27BrKN5O6. The van der Waals surface area contributed by atoms with Crippen molar-refractivity contribution in [3.8, 4) is 12.1 Å². The molecule has 3 aromatic heterocycles. The van der Waals surface area contributed by atoms with Crippen LogP contribution in [-0.2, 0) is 9.47 Å². The minimum atomic E-state index is -1.02. The zero-order chi connectivity index (χ0) is 31.1. The molecule has 45 heavy (non-hydrogen) atoms. The van der Waals surface area contributed by atoms with E-state index in [9.17, 15) is 14.4 Å². The van der Waals surface area contributed by atoms with Gasteiger partial charge in [0.05, 0.1) is 37.5 Å². The van der Waals surface area contributed by atoms with Crippen LogP contribution in [0.1, 0.15) is 51.4 Å². The molecule has 0 aliphatic heterocycles. The number of nitriles is 2. The zero-order valence-corrected chi connectivity index (χ0v) is 28.4. The Bertz CT molecular complexity index is 2090. The predicted octanol–water partition coefficient (Wildman–Crippen LogP) is 4.03. The first kappa shape index (κ1) is 37.0. The molecule has 0 aliphatic rings. The summed E-state index contributed by atoms with van der Waals surface area (Å²) < 4.78 is 10.2. The smallest absolute Gasteiger partial charge is 1.00 e. The van der Waals surface area contributed by atoms with E-state index in [0.717, 1.165) is 26.3 Å². The molecule has 4 N–H and O–H groups in total. The fourth-order valence-corrected chi connectivity index (χ4v) is 4.66. The average molecular weight is 697 g/mol. The maximum atomic E-state index is 11.2. The topological polar surface area (TPSA) is 185 Å². The molecule has 0 spiro atoms. The number of hydrogen-bond acceptors (Lipinski definition) is 7. The molecule has 0 bridgehead atoms. The van der Waals surface area contributed by atoms with Crippen LogP contribution in [-0.4, -0.2) is 52.2 Å². The number of methoxy groups -OCH3 is 2. The number of halogens is 1. The van der Waals surface area contributed by atoms with Crippen LogP contribution in [0, 0.1) is 22.7 Å². The van der Waals surface area contributed by atoms with Crippen molar-refractivity contribution in [2.75, 3.05) is 14.2 Å². The number of benzene rings is 3. The van der Waals surface area contributed by atoms with Gasteiger partial charge in [0.2, 0.25) is 0 Å². The second-order valence-electron chi connectivity index (χ2n) is 8.80. The van der Waals surface area contributed by atoms with E-state index in [1.165, 1.54) is 20.3 Å². The molecule has 6 rings (SSSR count). The van der Waals surface area contributed by atoms with Crippen LogP contribution >= 0.6 is 15.9 Å². The van der Waals surface area contributed by atoms with Gasteiger partial charge in [-0.05, 0) is 54.6 Å². The van der Waals surface area contributed by atoms with E-state index in [2.05, 4.69) is 46.4 Å². The minimum Gasteiger partial charge on any atom is -1.00 e. The van der Waals surface area contributed by atoms with Crippen molar-refractivity contribution >= 4 is 66.5 Å². The van der Waals surface area contributed by atoms with Gasteiger partial charge in [-0.25, -0.2) is 14.4 Å². The number of ether oxygens (including phenoxy) is 2. The van der Waals surface area contributed by atoms with Gasteiger partial charge in [-0.1, -0.05) is 41.6 Å². The van der Waals surface area contributed by atoms with Crippen molar-refractivity contribution in [3.63, 3.8) is 0 Å². The summed E-state index contributed by atoms with van der Waals surface area (Å²) in [7, 11) is 2.68. The number of carbonyl (C=O) groups excluding carboxylic acids is 2. The van der Waals surface area contributed by atoms with Gasteiger partial charge in [-0.3, -0.25) is 0 Å². The number of carboxylic acids is 1. The van der Waals surface area contributed by atoms with Crippen molar-refractivity contribution in [2.45, 2.75) is 7.43 Å². The normalized spacial score (nSPS) is 9.62. The number of aromatic nitrogens is 3. The summed E-state index contributed by atoms with van der Waals surface area (Å²) in [6.07, 6.45) is 0. The summed E-state index contributed by atoms with van der Waals surface area (Å²) in [4.78, 5) is 41.7. The number of hydrogen-bond donors (Lipinski definition) is 4. The van der Waals surface area contributed by atoms with Crippen LogP contribution in [0.4, 0.5) is 0 Å². The summed E-state index contributed by atoms with van der Waals surface area (Å²) in [6, 6.07) is 25.1. The summed E-state index contributed by atoms with van der Waals surface area (Å²) in [5.74, 6) is -1.81. The molecule has 0 saturated carbocycles. The molecule has 6 aromatic rings. The first-order chi connectivity index (χ1) is 20.7. The van der Waals surface area contributed by atoms with Gasteiger partial charge in [0, 0.05) is 37.2 Å². The monoisotopic (exact) mass is 695 g/mol. The Balaban J connectivity index is 0.000000334. The van der Waals surface area contributed by atoms with E-state index < -0.39 is 11.9 Å². The van der Waals surface area contributed by atoms with Gasteiger partial charge in [-0.15, -0.1) is 0 Å². The molecule has 11 nitrogen and oxygen atoms in total. The van der Waals surface area contributed by atoms with Gasteiger partial charge in [0.15, 0.2) is 0 Å². The molecule has 0 unspecified atom stereocenters. The zero-order valence-electron chi connectivity index (χ0n) is 24.7. The van der Waals surface area contributed by atoms with Crippen molar-refractivity contribution in [1.29, 1.82) is 10.5 Å². The molecule has 224 valence electrons. The van der Waals surface area contributed by atoms with Gasteiger partial charge in [0.1, 0.15) is 17.1 Å². The van der Waals surface area contributed by atoms with Crippen molar-refractivity contribution in [1.82, 2.24) is 15.0 Å². The van der Waals surface area contributed by atoms with E-state index >= 15 is 0 Å². The van der Waals surface area contributed by atoms with Crippen LogP contribution in [0.3, 0.4) is 0 Å². The van der Waals surface area contributed by atoms with Crippen LogP contribution in [0.15, 0.2) is 77.3 Å². The number of fused-ring (bicyclic) bond motifs is 3. The Morgan fingerprint density at radius 1 is 0.711 bits per heavy atom. The van der Waals surface area contributed by atoms with Crippen LogP contribution in [0.25, 0.3) is 32.7 Å². The molecule has 3 heterocycles. The van der Waals surface area contributed by atoms with Crippen LogP contribution < -0.4 is 51.4 Å². The number of esters is 2. The number of rotatable bonds is 3. The van der Waals surface area contributed by atoms with Gasteiger partial charge in [0.25, 0.3) is 0 Å². The third-order valence-corrected chi connectivity index (χ3v) is 6.91. The third kappa shape index (κ3) is 8.49. The number of nitrogens with one attached hydrogen (secondary N) is 3. The SMILES string of the molecule is C.COC(=O)c1cc2c(Br)cccc2[nH]1.COC(=O)c1cc2c(C#N)cccc2[nH]1.N#Cc1cccc2[nH]c(C(=O)O)cc12.[H-].[K+]. The summed E-state index contributed by atoms with van der Waals surface area (Å²) >= 11 is 3.41. The Morgan fingerprint density at radius 2 is 1.09 bits per heavy atom. The number of carbonyl (C=O) groups is 3. The van der Waals surface area contributed by atoms with E-state index in [1.54, 1.807) is 42.5 Å². The summed E-state index contributed by atoms with van der Waals surface area (Å²) in [5, 5.41) is 28.7. The van der Waals surface area contributed by atoms with Gasteiger partial charge in [-0.2, -0.15) is 10.5 Å². The van der Waals surface area contributed by atoms with Crippen molar-refractivity contribution in [3.05, 3.63) is 105 Å². The first-order valence-corrected chi connectivity index (χ1v) is 13.2. The summed E-state index contributed by atoms with van der Waals surface area (Å²) in [6.45, 7) is 0. The molecule has 3 aromatic carbocycles. The maximum absolute atomic E-state index is 11.2. The molecule has 0 amide bonds. The van der Waals surface area contributed by atoms with Crippen molar-refractivity contribution < 1.29 is 81.8 Å².